The lowest BCUT2D eigenvalue weighted by Gasteiger charge is -2.22. The Morgan fingerprint density at radius 3 is 2.42 bits per heavy atom. The summed E-state index contributed by atoms with van der Waals surface area (Å²) in [6, 6.07) is 6.59. The van der Waals surface area contributed by atoms with Crippen LogP contribution in [0.2, 0.25) is 0 Å². The third kappa shape index (κ3) is 7.78. The molecule has 0 fully saturated rings. The van der Waals surface area contributed by atoms with Crippen LogP contribution in [0.5, 0.6) is 0 Å². The maximum Gasteiger partial charge on any atom is 0.307 e. The maximum atomic E-state index is 12.8. The smallest absolute Gasteiger partial charge is 0.307 e. The molecule has 8 heteroatoms. The zero-order valence-corrected chi connectivity index (χ0v) is 15.3. The molecule has 0 saturated carbocycles. The number of amides is 3. The molecule has 0 aliphatic carbocycles. The minimum Gasteiger partial charge on any atom is -0.469 e. The fourth-order valence-corrected chi connectivity index (χ4v) is 2.29. The van der Waals surface area contributed by atoms with Crippen LogP contribution in [0.4, 0.5) is 5.69 Å². The number of benzene rings is 1. The topological polar surface area (TPSA) is 105 Å². The van der Waals surface area contributed by atoms with E-state index in [1.54, 1.807) is 24.3 Å². The summed E-state index contributed by atoms with van der Waals surface area (Å²) in [5, 5.41) is 5.30. The average Bonchev–Trinajstić information content (AvgIpc) is 2.59. The first kappa shape index (κ1) is 21.1. The van der Waals surface area contributed by atoms with Crippen molar-refractivity contribution in [2.45, 2.75) is 26.7 Å². The van der Waals surface area contributed by atoms with Gasteiger partial charge in [-0.3, -0.25) is 19.2 Å². The van der Waals surface area contributed by atoms with Gasteiger partial charge in [0.25, 0.3) is 5.91 Å². The predicted molar refractivity (Wildman–Crippen MR) is 96.6 cm³/mol. The van der Waals surface area contributed by atoms with E-state index in [1.165, 1.54) is 25.9 Å². The Morgan fingerprint density at radius 1 is 1.08 bits per heavy atom. The van der Waals surface area contributed by atoms with Crippen LogP contribution in [0, 0.1) is 0 Å². The molecular weight excluding hydrogens is 338 g/mol. The predicted octanol–water partition coefficient (Wildman–Crippen LogP) is 1.18. The second kappa shape index (κ2) is 10.9. The summed E-state index contributed by atoms with van der Waals surface area (Å²) in [7, 11) is 1.29. The standard InChI is InChI=1S/C18H25N3O5/c1-13(22)19-9-5-10-21(11-8-17(24)26-3)18(25)15-6-4-7-16(12-15)20-14(2)23/h4,6-7,12H,5,8-11H2,1-3H3,(H,19,22)(H,20,23). The molecule has 0 heterocycles. The zero-order valence-electron chi connectivity index (χ0n) is 15.3. The van der Waals surface area contributed by atoms with E-state index < -0.39 is 5.97 Å². The number of ether oxygens (including phenoxy) is 1. The normalized spacial score (nSPS) is 9.96. The molecule has 8 nitrogen and oxygen atoms in total. The van der Waals surface area contributed by atoms with Crippen LogP contribution in [0.3, 0.4) is 0 Å². The highest BCUT2D eigenvalue weighted by atomic mass is 16.5. The first-order chi connectivity index (χ1) is 12.3. The lowest BCUT2D eigenvalue weighted by atomic mass is 10.1. The van der Waals surface area contributed by atoms with E-state index in [2.05, 4.69) is 15.4 Å². The fraction of sp³-hybridized carbons (Fsp3) is 0.444. The van der Waals surface area contributed by atoms with Crippen LogP contribution in [0.15, 0.2) is 24.3 Å². The second-order valence-corrected chi connectivity index (χ2v) is 5.72. The van der Waals surface area contributed by atoms with Gasteiger partial charge in [-0.2, -0.15) is 0 Å². The van der Waals surface area contributed by atoms with Gasteiger partial charge in [0.15, 0.2) is 0 Å². The van der Waals surface area contributed by atoms with E-state index in [9.17, 15) is 19.2 Å². The molecule has 0 bridgehead atoms. The molecule has 0 unspecified atom stereocenters. The van der Waals surface area contributed by atoms with Gasteiger partial charge < -0.3 is 20.3 Å². The van der Waals surface area contributed by atoms with E-state index in [1.807, 2.05) is 0 Å². The van der Waals surface area contributed by atoms with Crippen molar-refractivity contribution in [3.63, 3.8) is 0 Å². The van der Waals surface area contributed by atoms with Gasteiger partial charge in [-0.05, 0) is 24.6 Å². The van der Waals surface area contributed by atoms with Gasteiger partial charge in [-0.15, -0.1) is 0 Å². The molecule has 0 radical (unpaired) electrons. The molecule has 1 aromatic carbocycles. The molecule has 2 N–H and O–H groups in total. The lowest BCUT2D eigenvalue weighted by Crippen LogP contribution is -2.35. The monoisotopic (exact) mass is 363 g/mol. The van der Waals surface area contributed by atoms with Gasteiger partial charge in [-0.1, -0.05) is 6.07 Å². The number of methoxy groups -OCH3 is 1. The summed E-state index contributed by atoms with van der Waals surface area (Å²) < 4.78 is 4.62. The maximum absolute atomic E-state index is 12.8. The number of carbonyl (C=O) groups is 4. The number of nitrogens with zero attached hydrogens (tertiary/aromatic N) is 1. The summed E-state index contributed by atoms with van der Waals surface area (Å²) in [6.07, 6.45) is 0.631. The van der Waals surface area contributed by atoms with Crippen molar-refractivity contribution in [3.05, 3.63) is 29.8 Å². The van der Waals surface area contributed by atoms with Crippen LogP contribution in [-0.2, 0) is 19.1 Å². The van der Waals surface area contributed by atoms with E-state index in [0.717, 1.165) is 0 Å². The van der Waals surface area contributed by atoms with Crippen LogP contribution < -0.4 is 10.6 Å². The molecule has 1 rings (SSSR count). The molecule has 0 atom stereocenters. The molecule has 0 aliphatic rings. The van der Waals surface area contributed by atoms with E-state index in [-0.39, 0.29) is 30.7 Å². The Labute approximate surface area is 152 Å². The molecule has 0 spiro atoms. The number of hydrogen-bond acceptors (Lipinski definition) is 5. The van der Waals surface area contributed by atoms with Crippen LogP contribution >= 0.6 is 0 Å². The molecule has 1 aromatic rings. The minimum absolute atomic E-state index is 0.0771. The third-order valence-electron chi connectivity index (χ3n) is 3.51. The Bertz CT molecular complexity index is 660. The van der Waals surface area contributed by atoms with Crippen molar-refractivity contribution in [2.24, 2.45) is 0 Å². The van der Waals surface area contributed by atoms with Crippen molar-refractivity contribution in [2.75, 3.05) is 32.1 Å². The Hall–Kier alpha value is -2.90. The second-order valence-electron chi connectivity index (χ2n) is 5.72. The van der Waals surface area contributed by atoms with Gasteiger partial charge >= 0.3 is 5.97 Å². The Kier molecular flexibility index (Phi) is 8.83. The third-order valence-corrected chi connectivity index (χ3v) is 3.51. The molecule has 3 amide bonds. The Balaban J connectivity index is 2.82. The average molecular weight is 363 g/mol. The van der Waals surface area contributed by atoms with Gasteiger partial charge in [0, 0.05) is 44.7 Å². The summed E-state index contributed by atoms with van der Waals surface area (Å²) in [6.45, 7) is 3.83. The highest BCUT2D eigenvalue weighted by molar-refractivity contribution is 5.97. The lowest BCUT2D eigenvalue weighted by molar-refractivity contribution is -0.140. The summed E-state index contributed by atoms with van der Waals surface area (Å²) in [5.41, 5.74) is 0.926. The van der Waals surface area contributed by atoms with Gasteiger partial charge in [0.2, 0.25) is 11.8 Å². The van der Waals surface area contributed by atoms with Crippen molar-refractivity contribution in [1.82, 2.24) is 10.2 Å². The molecule has 0 saturated heterocycles. The van der Waals surface area contributed by atoms with Crippen molar-refractivity contribution in [3.8, 4) is 0 Å². The summed E-state index contributed by atoms with van der Waals surface area (Å²) in [5.74, 6) is -1.03. The first-order valence-corrected chi connectivity index (χ1v) is 8.31. The summed E-state index contributed by atoms with van der Waals surface area (Å²) >= 11 is 0. The van der Waals surface area contributed by atoms with E-state index in [0.29, 0.717) is 30.8 Å². The molecule has 0 aromatic heterocycles. The molecule has 0 aliphatic heterocycles. The number of rotatable bonds is 9. The molecule has 26 heavy (non-hydrogen) atoms. The number of nitrogens with one attached hydrogen (secondary N) is 2. The van der Waals surface area contributed by atoms with Gasteiger partial charge in [-0.25, -0.2) is 0 Å². The van der Waals surface area contributed by atoms with Crippen molar-refractivity contribution in [1.29, 1.82) is 0 Å². The molecule has 142 valence electrons. The van der Waals surface area contributed by atoms with E-state index >= 15 is 0 Å². The van der Waals surface area contributed by atoms with Gasteiger partial charge in [0.05, 0.1) is 13.5 Å². The highest BCUT2D eigenvalue weighted by Gasteiger charge is 2.17. The minimum atomic E-state index is -0.406. The SMILES string of the molecule is COC(=O)CCN(CCCNC(C)=O)C(=O)c1cccc(NC(C)=O)c1. The number of carbonyl (C=O) groups excluding carboxylic acids is 4. The number of hydrogen-bond donors (Lipinski definition) is 2. The van der Waals surface area contributed by atoms with Crippen molar-refractivity contribution < 1.29 is 23.9 Å². The van der Waals surface area contributed by atoms with Crippen molar-refractivity contribution >= 4 is 29.4 Å². The quantitative estimate of drug-likeness (QED) is 0.506. The first-order valence-electron chi connectivity index (χ1n) is 8.31. The fourth-order valence-electron chi connectivity index (χ4n) is 2.29. The zero-order chi connectivity index (χ0) is 19.5. The van der Waals surface area contributed by atoms with Gasteiger partial charge in [0.1, 0.15) is 0 Å². The number of anilines is 1. The van der Waals surface area contributed by atoms with Crippen LogP contribution in [0.25, 0.3) is 0 Å². The summed E-state index contributed by atoms with van der Waals surface area (Å²) in [4.78, 5) is 47.8. The van der Waals surface area contributed by atoms with E-state index in [4.69, 9.17) is 0 Å². The number of esters is 1. The highest BCUT2D eigenvalue weighted by Crippen LogP contribution is 2.13. The van der Waals surface area contributed by atoms with Crippen LogP contribution in [-0.4, -0.2) is 55.3 Å². The Morgan fingerprint density at radius 2 is 1.81 bits per heavy atom. The molecular formula is C18H25N3O5. The van der Waals surface area contributed by atoms with Crippen LogP contribution in [0.1, 0.15) is 37.0 Å². The largest absolute Gasteiger partial charge is 0.469 e.